The summed E-state index contributed by atoms with van der Waals surface area (Å²) in [5.41, 5.74) is 1.85. The molecule has 1 aromatic heterocycles. The molecule has 1 heterocycles. The summed E-state index contributed by atoms with van der Waals surface area (Å²) in [6.45, 7) is 0. The highest BCUT2D eigenvalue weighted by atomic mass is 16.6. The number of hydrogen-bond acceptors (Lipinski definition) is 5. The summed E-state index contributed by atoms with van der Waals surface area (Å²) in [6, 6.07) is 13.3. The molecule has 8 nitrogen and oxygen atoms in total. The normalized spacial score (nSPS) is 27.0. The molecule has 4 aliphatic carbocycles. The summed E-state index contributed by atoms with van der Waals surface area (Å²) in [5.74, 6) is 1.43. The first-order valence-electron chi connectivity index (χ1n) is 11.8. The van der Waals surface area contributed by atoms with Crippen LogP contribution in [0.1, 0.15) is 54.6 Å². The minimum atomic E-state index is -0.552. The van der Waals surface area contributed by atoms with Gasteiger partial charge < -0.3 is 10.4 Å². The van der Waals surface area contributed by atoms with Crippen LogP contribution in [0.2, 0.25) is 0 Å². The van der Waals surface area contributed by atoms with Crippen molar-refractivity contribution < 1.29 is 14.8 Å². The number of anilines is 1. The highest BCUT2D eigenvalue weighted by Crippen LogP contribution is 2.61. The Balaban J connectivity index is 1.42. The lowest BCUT2D eigenvalue weighted by atomic mass is 9.48. The third-order valence-electron chi connectivity index (χ3n) is 7.96. The molecule has 4 aliphatic rings. The molecule has 2 aromatic carbocycles. The van der Waals surface area contributed by atoms with Crippen LogP contribution in [0.4, 0.5) is 11.4 Å². The first-order chi connectivity index (χ1) is 16.4. The van der Waals surface area contributed by atoms with Crippen molar-refractivity contribution in [1.29, 1.82) is 0 Å². The monoisotopic (exact) mass is 458 g/mol. The van der Waals surface area contributed by atoms with Crippen molar-refractivity contribution >= 4 is 17.3 Å². The van der Waals surface area contributed by atoms with Crippen molar-refractivity contribution in [2.75, 3.05) is 5.32 Å². The Morgan fingerprint density at radius 2 is 1.71 bits per heavy atom. The van der Waals surface area contributed by atoms with Crippen LogP contribution in [0.15, 0.2) is 54.7 Å². The van der Waals surface area contributed by atoms with Crippen LogP contribution in [0, 0.1) is 27.9 Å². The van der Waals surface area contributed by atoms with Gasteiger partial charge in [0.15, 0.2) is 0 Å². The van der Waals surface area contributed by atoms with Gasteiger partial charge in [0, 0.05) is 23.7 Å². The van der Waals surface area contributed by atoms with Crippen LogP contribution in [0.3, 0.4) is 0 Å². The number of nitro groups is 1. The molecule has 3 aromatic rings. The summed E-state index contributed by atoms with van der Waals surface area (Å²) in [5, 5.41) is 29.1. The number of phenolic OH excluding ortho intramolecular Hbond substituents is 1. The molecule has 0 aliphatic heterocycles. The van der Waals surface area contributed by atoms with Crippen molar-refractivity contribution in [2.24, 2.45) is 17.8 Å². The number of rotatable bonds is 5. The standard InChI is InChI=1S/C26H26N4O4/c31-23-7-6-20(30(33)34)11-22(23)27-25(32)21-15-29(19-4-2-1-3-5-19)28-24(21)26-12-16-8-17(13-26)10-18(9-16)14-26/h1-7,11,15-18,31H,8-10,12-14H2,(H,27,32). The van der Waals surface area contributed by atoms with Crippen LogP contribution in [0.25, 0.3) is 5.69 Å². The predicted molar refractivity (Wildman–Crippen MR) is 126 cm³/mol. The lowest BCUT2D eigenvalue weighted by Crippen LogP contribution is -2.49. The fourth-order valence-corrected chi connectivity index (χ4v) is 6.97. The largest absolute Gasteiger partial charge is 0.506 e. The van der Waals surface area contributed by atoms with Gasteiger partial charge in [0.25, 0.3) is 11.6 Å². The van der Waals surface area contributed by atoms with E-state index in [2.05, 4.69) is 5.32 Å². The molecule has 174 valence electrons. The number of carbonyl (C=O) groups excluding carboxylic acids is 1. The van der Waals surface area contributed by atoms with Gasteiger partial charge in [-0.25, -0.2) is 4.68 Å². The van der Waals surface area contributed by atoms with E-state index in [0.29, 0.717) is 23.3 Å². The van der Waals surface area contributed by atoms with E-state index in [1.165, 1.54) is 37.5 Å². The van der Waals surface area contributed by atoms with Gasteiger partial charge in [0.2, 0.25) is 0 Å². The van der Waals surface area contributed by atoms with Crippen LogP contribution in [-0.4, -0.2) is 25.7 Å². The average Bonchev–Trinajstić information content (AvgIpc) is 3.27. The smallest absolute Gasteiger partial charge is 0.271 e. The van der Waals surface area contributed by atoms with Crippen molar-refractivity contribution in [2.45, 2.75) is 43.9 Å². The lowest BCUT2D eigenvalue weighted by Gasteiger charge is -2.56. The number of nitrogens with zero attached hydrogens (tertiary/aromatic N) is 3. The fraction of sp³-hybridized carbons (Fsp3) is 0.385. The first-order valence-corrected chi connectivity index (χ1v) is 11.8. The molecule has 0 saturated heterocycles. The first kappa shape index (κ1) is 20.9. The van der Waals surface area contributed by atoms with Crippen molar-refractivity contribution in [3.8, 4) is 11.4 Å². The molecule has 0 spiro atoms. The number of aromatic nitrogens is 2. The van der Waals surface area contributed by atoms with Crippen LogP contribution in [0.5, 0.6) is 5.75 Å². The average molecular weight is 459 g/mol. The highest BCUT2D eigenvalue weighted by Gasteiger charge is 2.54. The summed E-state index contributed by atoms with van der Waals surface area (Å²) in [6.07, 6.45) is 8.74. The van der Waals surface area contributed by atoms with E-state index in [1.54, 1.807) is 10.9 Å². The Hall–Kier alpha value is -3.68. The van der Waals surface area contributed by atoms with Gasteiger partial charge in [-0.2, -0.15) is 5.10 Å². The number of non-ortho nitro benzene ring substituents is 1. The summed E-state index contributed by atoms with van der Waals surface area (Å²) < 4.78 is 1.76. The van der Waals surface area contributed by atoms with Gasteiger partial charge in [-0.15, -0.1) is 0 Å². The quantitative estimate of drug-likeness (QED) is 0.310. The summed E-state index contributed by atoms with van der Waals surface area (Å²) >= 11 is 0. The third-order valence-corrected chi connectivity index (χ3v) is 7.96. The topological polar surface area (TPSA) is 110 Å². The number of phenols is 1. The third kappa shape index (κ3) is 3.45. The number of carbonyl (C=O) groups is 1. The second kappa shape index (κ2) is 7.68. The number of aromatic hydroxyl groups is 1. The van der Waals surface area contributed by atoms with Crippen LogP contribution < -0.4 is 5.32 Å². The predicted octanol–water partition coefficient (Wildman–Crippen LogP) is 5.21. The van der Waals surface area contributed by atoms with Crippen molar-refractivity contribution in [1.82, 2.24) is 9.78 Å². The molecule has 0 atom stereocenters. The van der Waals surface area contributed by atoms with Gasteiger partial charge in [-0.1, -0.05) is 18.2 Å². The number of nitro benzene ring substituents is 1. The Kier molecular flexibility index (Phi) is 4.72. The molecular weight excluding hydrogens is 432 g/mol. The van der Waals surface area contributed by atoms with Gasteiger partial charge in [0.05, 0.1) is 27.6 Å². The molecule has 0 unspecified atom stereocenters. The van der Waals surface area contributed by atoms with E-state index >= 15 is 0 Å². The minimum Gasteiger partial charge on any atom is -0.506 e. The molecule has 4 saturated carbocycles. The Morgan fingerprint density at radius 1 is 1.06 bits per heavy atom. The maximum atomic E-state index is 13.6. The molecule has 2 N–H and O–H groups in total. The second-order valence-corrected chi connectivity index (χ2v) is 10.3. The van der Waals surface area contributed by atoms with E-state index in [1.807, 2.05) is 30.3 Å². The molecule has 4 fully saturated rings. The van der Waals surface area contributed by atoms with E-state index in [0.717, 1.165) is 30.6 Å². The zero-order valence-electron chi connectivity index (χ0n) is 18.7. The highest BCUT2D eigenvalue weighted by molar-refractivity contribution is 6.06. The Bertz CT molecular complexity index is 1250. The lowest BCUT2D eigenvalue weighted by molar-refractivity contribution is -0.384. The molecule has 0 radical (unpaired) electrons. The SMILES string of the molecule is O=C(Nc1cc([N+](=O)[O-])ccc1O)c1cn(-c2ccccc2)nc1C12CC3CC(CC(C3)C1)C2. The number of hydrogen-bond donors (Lipinski definition) is 2. The molecule has 4 bridgehead atoms. The Morgan fingerprint density at radius 3 is 2.32 bits per heavy atom. The van der Waals surface area contributed by atoms with Crippen LogP contribution >= 0.6 is 0 Å². The zero-order valence-corrected chi connectivity index (χ0v) is 18.7. The van der Waals surface area contributed by atoms with E-state index in [-0.39, 0.29) is 22.5 Å². The van der Waals surface area contributed by atoms with Crippen molar-refractivity contribution in [3.63, 3.8) is 0 Å². The van der Waals surface area contributed by atoms with Crippen molar-refractivity contribution in [3.05, 3.63) is 76.1 Å². The molecule has 1 amide bonds. The zero-order chi connectivity index (χ0) is 23.4. The van der Waals surface area contributed by atoms with Gasteiger partial charge >= 0.3 is 0 Å². The molecule has 7 rings (SSSR count). The van der Waals surface area contributed by atoms with Crippen LogP contribution in [-0.2, 0) is 5.41 Å². The number of amides is 1. The van der Waals surface area contributed by atoms with E-state index in [4.69, 9.17) is 5.10 Å². The minimum absolute atomic E-state index is 0.0168. The summed E-state index contributed by atoms with van der Waals surface area (Å²) in [4.78, 5) is 24.2. The Labute approximate surface area is 196 Å². The van der Waals surface area contributed by atoms with Gasteiger partial charge in [-0.05, 0) is 74.5 Å². The second-order valence-electron chi connectivity index (χ2n) is 10.3. The number of nitrogens with one attached hydrogen (secondary N) is 1. The maximum Gasteiger partial charge on any atom is 0.271 e. The van der Waals surface area contributed by atoms with Gasteiger partial charge in [-0.3, -0.25) is 14.9 Å². The maximum absolute atomic E-state index is 13.6. The number of para-hydroxylation sites is 1. The molecule has 8 heteroatoms. The summed E-state index contributed by atoms with van der Waals surface area (Å²) in [7, 11) is 0. The molecule has 34 heavy (non-hydrogen) atoms. The number of benzene rings is 2. The molecular formula is C26H26N4O4. The van der Waals surface area contributed by atoms with E-state index < -0.39 is 10.8 Å². The van der Waals surface area contributed by atoms with Gasteiger partial charge in [0.1, 0.15) is 5.75 Å². The fourth-order valence-electron chi connectivity index (χ4n) is 6.97. The van der Waals surface area contributed by atoms with E-state index in [9.17, 15) is 20.0 Å².